The standard InChI is InChI=1S/C35H21Br/c36-20-16-17-24-23-10-3-5-14-29(23)35(31(24)18-20)30-15-6-4-11-26(30)34-27-13-7-12-25-21-8-1-2-9-22(21)28(33(25)27)19-32(34)35/h1-19,21-22H. The average molecular weight is 521 g/mol. The fourth-order valence-electron chi connectivity index (χ4n) is 7.88. The van der Waals surface area contributed by atoms with Crippen LogP contribution in [0.1, 0.15) is 45.2 Å². The van der Waals surface area contributed by atoms with Crippen LogP contribution < -0.4 is 0 Å². The second-order valence-electron chi connectivity index (χ2n) is 10.5. The van der Waals surface area contributed by atoms with Crippen LogP contribution in [0, 0.1) is 0 Å². The normalized spacial score (nSPS) is 23.0. The van der Waals surface area contributed by atoms with E-state index in [0.29, 0.717) is 11.8 Å². The van der Waals surface area contributed by atoms with Crippen LogP contribution in [-0.2, 0) is 5.41 Å². The summed E-state index contributed by atoms with van der Waals surface area (Å²) < 4.78 is 1.13. The minimum atomic E-state index is -0.311. The van der Waals surface area contributed by atoms with Crippen molar-refractivity contribution in [3.05, 3.63) is 153 Å². The van der Waals surface area contributed by atoms with E-state index in [1.807, 2.05) is 0 Å². The maximum atomic E-state index is 3.83. The lowest BCUT2D eigenvalue weighted by molar-refractivity contribution is 0.758. The molecule has 1 heteroatoms. The molecule has 4 aliphatic carbocycles. The van der Waals surface area contributed by atoms with E-state index in [9.17, 15) is 0 Å². The number of allylic oxidation sites excluding steroid dienone is 4. The smallest absolute Gasteiger partial charge is 0.0726 e. The minimum absolute atomic E-state index is 0.311. The van der Waals surface area contributed by atoms with Crippen molar-refractivity contribution in [2.24, 2.45) is 0 Å². The van der Waals surface area contributed by atoms with Crippen molar-refractivity contribution in [3.8, 4) is 22.3 Å². The van der Waals surface area contributed by atoms with Gasteiger partial charge in [-0.3, -0.25) is 0 Å². The van der Waals surface area contributed by atoms with E-state index in [1.54, 1.807) is 0 Å². The van der Waals surface area contributed by atoms with Gasteiger partial charge < -0.3 is 0 Å². The summed E-state index contributed by atoms with van der Waals surface area (Å²) in [6.45, 7) is 0. The van der Waals surface area contributed by atoms with Gasteiger partial charge in [-0.1, -0.05) is 119 Å². The zero-order chi connectivity index (χ0) is 23.6. The Morgan fingerprint density at radius 3 is 2.08 bits per heavy atom. The lowest BCUT2D eigenvalue weighted by Crippen LogP contribution is -2.26. The van der Waals surface area contributed by atoms with Crippen LogP contribution in [0.4, 0.5) is 0 Å². The molecule has 0 aliphatic heterocycles. The van der Waals surface area contributed by atoms with Crippen LogP contribution in [0.25, 0.3) is 33.0 Å². The van der Waals surface area contributed by atoms with Crippen LogP contribution in [-0.4, -0.2) is 0 Å². The second kappa shape index (κ2) is 6.55. The van der Waals surface area contributed by atoms with E-state index >= 15 is 0 Å². The molecule has 4 aliphatic rings. The summed E-state index contributed by atoms with van der Waals surface area (Å²) in [7, 11) is 0. The first-order valence-electron chi connectivity index (χ1n) is 12.7. The Hall–Kier alpha value is -3.68. The number of hydrogen-bond donors (Lipinski definition) is 0. The Bertz CT molecular complexity index is 1870. The zero-order valence-electron chi connectivity index (χ0n) is 19.5. The van der Waals surface area contributed by atoms with E-state index in [0.717, 1.165) is 4.47 Å². The molecule has 3 unspecified atom stereocenters. The summed E-state index contributed by atoms with van der Waals surface area (Å²) in [6.07, 6.45) is 9.25. The molecule has 0 amide bonds. The quantitative estimate of drug-likeness (QED) is 0.187. The Morgan fingerprint density at radius 2 is 1.25 bits per heavy atom. The molecule has 0 saturated heterocycles. The number of rotatable bonds is 0. The Morgan fingerprint density at radius 1 is 0.556 bits per heavy atom. The van der Waals surface area contributed by atoms with Gasteiger partial charge in [0.1, 0.15) is 0 Å². The third-order valence-electron chi connectivity index (χ3n) is 9.09. The predicted molar refractivity (Wildman–Crippen MR) is 152 cm³/mol. The third-order valence-corrected chi connectivity index (χ3v) is 9.58. The van der Waals surface area contributed by atoms with Crippen LogP contribution >= 0.6 is 15.9 Å². The van der Waals surface area contributed by atoms with E-state index < -0.39 is 0 Å². The van der Waals surface area contributed by atoms with E-state index in [2.05, 4.69) is 131 Å². The highest BCUT2D eigenvalue weighted by atomic mass is 79.9. The topological polar surface area (TPSA) is 0 Å². The van der Waals surface area contributed by atoms with E-state index in [4.69, 9.17) is 0 Å². The van der Waals surface area contributed by atoms with Crippen LogP contribution in [0.15, 0.2) is 120 Å². The van der Waals surface area contributed by atoms with Crippen LogP contribution in [0.3, 0.4) is 0 Å². The summed E-state index contributed by atoms with van der Waals surface area (Å²) in [5, 5.41) is 2.87. The summed E-state index contributed by atoms with van der Waals surface area (Å²) in [4.78, 5) is 0. The first-order chi connectivity index (χ1) is 17.8. The van der Waals surface area contributed by atoms with Crippen molar-refractivity contribution in [2.75, 3.05) is 0 Å². The van der Waals surface area contributed by atoms with Gasteiger partial charge in [0, 0.05) is 16.3 Å². The van der Waals surface area contributed by atoms with E-state index in [-0.39, 0.29) is 5.41 Å². The van der Waals surface area contributed by atoms with Gasteiger partial charge in [-0.15, -0.1) is 0 Å². The molecule has 0 aromatic heterocycles. The van der Waals surface area contributed by atoms with Crippen molar-refractivity contribution in [3.63, 3.8) is 0 Å². The first kappa shape index (κ1) is 19.5. The van der Waals surface area contributed by atoms with Crippen molar-refractivity contribution < 1.29 is 0 Å². The van der Waals surface area contributed by atoms with Gasteiger partial charge in [-0.2, -0.15) is 0 Å². The lowest BCUT2D eigenvalue weighted by atomic mass is 9.70. The molecular weight excluding hydrogens is 500 g/mol. The summed E-state index contributed by atoms with van der Waals surface area (Å²) in [5.41, 5.74) is 13.8. The molecule has 0 N–H and O–H groups in total. The average Bonchev–Trinajstić information content (AvgIpc) is 3.52. The molecular formula is C35H21Br. The van der Waals surface area contributed by atoms with Gasteiger partial charge >= 0.3 is 0 Å². The molecule has 1 spiro atoms. The minimum Gasteiger partial charge on any atom is -0.0761 e. The first-order valence-corrected chi connectivity index (χ1v) is 13.5. The maximum absolute atomic E-state index is 3.83. The number of hydrogen-bond acceptors (Lipinski definition) is 0. The van der Waals surface area contributed by atoms with Gasteiger partial charge in [0.15, 0.2) is 0 Å². The molecule has 9 rings (SSSR count). The van der Waals surface area contributed by atoms with Gasteiger partial charge in [-0.05, 0) is 78.5 Å². The molecule has 0 bridgehead atoms. The highest BCUT2D eigenvalue weighted by Crippen LogP contribution is 2.65. The largest absolute Gasteiger partial charge is 0.0761 e. The molecule has 5 aromatic carbocycles. The zero-order valence-corrected chi connectivity index (χ0v) is 21.1. The van der Waals surface area contributed by atoms with Crippen LogP contribution in [0.2, 0.25) is 0 Å². The van der Waals surface area contributed by atoms with Gasteiger partial charge in [0.2, 0.25) is 0 Å². The lowest BCUT2D eigenvalue weighted by Gasteiger charge is -2.31. The number of benzene rings is 5. The highest BCUT2D eigenvalue weighted by Gasteiger charge is 2.53. The molecule has 0 heterocycles. The van der Waals surface area contributed by atoms with Crippen molar-refractivity contribution in [1.82, 2.24) is 0 Å². The molecule has 36 heavy (non-hydrogen) atoms. The second-order valence-corrected chi connectivity index (χ2v) is 11.4. The molecule has 5 aromatic rings. The van der Waals surface area contributed by atoms with E-state index in [1.165, 1.54) is 66.4 Å². The van der Waals surface area contributed by atoms with Crippen LogP contribution in [0.5, 0.6) is 0 Å². The van der Waals surface area contributed by atoms with Gasteiger partial charge in [-0.25, -0.2) is 0 Å². The summed E-state index contributed by atoms with van der Waals surface area (Å²) >= 11 is 3.83. The number of fused-ring (bicyclic) bond motifs is 14. The van der Waals surface area contributed by atoms with Crippen molar-refractivity contribution >= 4 is 26.7 Å². The number of halogens is 1. The SMILES string of the molecule is Brc1ccc2c(c1)C1(c3ccccc3-2)c2ccccc2-c2c1cc1c3c(cccc23)C2C=CC=CC12. The molecule has 0 fully saturated rings. The van der Waals surface area contributed by atoms with Crippen molar-refractivity contribution in [1.29, 1.82) is 0 Å². The predicted octanol–water partition coefficient (Wildman–Crippen LogP) is 9.25. The summed E-state index contributed by atoms with van der Waals surface area (Å²) in [5.74, 6) is 0.833. The maximum Gasteiger partial charge on any atom is 0.0726 e. The molecule has 3 atom stereocenters. The fourth-order valence-corrected chi connectivity index (χ4v) is 8.24. The van der Waals surface area contributed by atoms with Crippen molar-refractivity contribution in [2.45, 2.75) is 17.3 Å². The van der Waals surface area contributed by atoms with Gasteiger partial charge in [0.25, 0.3) is 0 Å². The Labute approximate surface area is 218 Å². The fraction of sp³-hybridized carbons (Fsp3) is 0.0857. The monoisotopic (exact) mass is 520 g/mol. The summed E-state index contributed by atoms with van der Waals surface area (Å²) in [6, 6.07) is 34.6. The molecule has 0 radical (unpaired) electrons. The van der Waals surface area contributed by atoms with Gasteiger partial charge in [0.05, 0.1) is 5.41 Å². The Kier molecular flexibility index (Phi) is 3.55. The molecule has 0 nitrogen and oxygen atoms in total. The molecule has 168 valence electrons. The molecule has 0 saturated carbocycles. The Balaban J connectivity index is 1.52. The highest BCUT2D eigenvalue weighted by molar-refractivity contribution is 9.10. The third kappa shape index (κ3) is 2.07.